The van der Waals surface area contributed by atoms with Gasteiger partial charge in [0.15, 0.2) is 0 Å². The van der Waals surface area contributed by atoms with Crippen molar-refractivity contribution < 1.29 is 29.0 Å². The molecule has 1 unspecified atom stereocenters. The third-order valence-electron chi connectivity index (χ3n) is 1.64. The molecule has 0 saturated heterocycles. The molecule has 0 fully saturated rings. The topological polar surface area (TPSA) is 174 Å². The molecule has 0 aliphatic rings. The third kappa shape index (κ3) is 7.73. The zero-order valence-corrected chi connectivity index (χ0v) is 9.34. The van der Waals surface area contributed by atoms with Gasteiger partial charge in [-0.2, -0.15) is 0 Å². The molecule has 0 heterocycles. The second kappa shape index (κ2) is 7.70. The molecule has 10 heteroatoms. The molecule has 0 aromatic rings. The first-order valence-corrected chi connectivity index (χ1v) is 4.80. The molecule has 7 N–H and O–H groups in total. The Kier molecular flexibility index (Phi) is 6.63. The van der Waals surface area contributed by atoms with Gasteiger partial charge < -0.3 is 31.9 Å². The number of carbonyl (C=O) groups excluding carboxylic acids is 3. The summed E-state index contributed by atoms with van der Waals surface area (Å²) in [6, 6.07) is -2.25. The number of primary amides is 2. The van der Waals surface area contributed by atoms with Gasteiger partial charge in [0, 0.05) is 0 Å². The Balaban J connectivity index is 3.99. The number of carboxylic acid groups (broad SMARTS) is 1. The number of nitrogens with one attached hydrogen (secondary N) is 2. The van der Waals surface area contributed by atoms with E-state index >= 15 is 0 Å². The second-order valence-corrected chi connectivity index (χ2v) is 3.13. The average molecular weight is 262 g/mol. The summed E-state index contributed by atoms with van der Waals surface area (Å²) in [6.45, 7) is -0.214. The van der Waals surface area contributed by atoms with Gasteiger partial charge in [-0.25, -0.2) is 14.4 Å². The van der Waals surface area contributed by atoms with Crippen molar-refractivity contribution in [3.8, 4) is 0 Å². The number of nitrogens with two attached hydrogens (primary N) is 2. The maximum Gasteiger partial charge on any atom is 0.404 e. The van der Waals surface area contributed by atoms with Gasteiger partial charge in [0.25, 0.3) is 0 Å². The zero-order valence-electron chi connectivity index (χ0n) is 9.34. The Morgan fingerprint density at radius 1 is 1.22 bits per heavy atom. The Morgan fingerprint density at radius 2 is 1.83 bits per heavy atom. The molecule has 4 amide bonds. The minimum absolute atomic E-state index is 0.0579. The molecule has 0 bridgehead atoms. The van der Waals surface area contributed by atoms with Crippen LogP contribution in [-0.2, 0) is 14.3 Å². The van der Waals surface area contributed by atoms with Gasteiger partial charge in [0.2, 0.25) is 5.91 Å². The molecule has 18 heavy (non-hydrogen) atoms. The van der Waals surface area contributed by atoms with E-state index in [1.54, 1.807) is 0 Å². The van der Waals surface area contributed by atoms with E-state index in [4.69, 9.17) is 10.8 Å². The van der Waals surface area contributed by atoms with E-state index < -0.39 is 36.5 Å². The Hall–Kier alpha value is -2.52. The van der Waals surface area contributed by atoms with Crippen molar-refractivity contribution in [2.75, 3.05) is 13.2 Å². The predicted molar refractivity (Wildman–Crippen MR) is 57.3 cm³/mol. The molecule has 0 radical (unpaired) electrons. The average Bonchev–Trinajstić information content (AvgIpc) is 2.22. The minimum atomic E-state index is -1.42. The normalized spacial score (nSPS) is 11.1. The molecule has 1 atom stereocenters. The summed E-state index contributed by atoms with van der Waals surface area (Å²) in [7, 11) is 0. The predicted octanol–water partition coefficient (Wildman–Crippen LogP) is -2.29. The highest BCUT2D eigenvalue weighted by Gasteiger charge is 2.21. The van der Waals surface area contributed by atoms with Gasteiger partial charge in [0.1, 0.15) is 12.6 Å². The highest BCUT2D eigenvalue weighted by Crippen LogP contribution is 1.91. The number of hydrogen-bond acceptors (Lipinski definition) is 5. The van der Waals surface area contributed by atoms with Crippen LogP contribution in [0.25, 0.3) is 0 Å². The van der Waals surface area contributed by atoms with Crippen LogP contribution in [-0.4, -0.2) is 48.3 Å². The number of hydrogen-bond donors (Lipinski definition) is 5. The molecule has 0 aromatic heterocycles. The highest BCUT2D eigenvalue weighted by atomic mass is 16.5. The molecule has 0 rings (SSSR count). The summed E-state index contributed by atoms with van der Waals surface area (Å²) < 4.78 is 4.32. The molecule has 0 aromatic carbocycles. The van der Waals surface area contributed by atoms with Crippen LogP contribution in [0.15, 0.2) is 0 Å². The molecule has 0 aliphatic carbocycles. The van der Waals surface area contributed by atoms with Crippen molar-refractivity contribution in [2.24, 2.45) is 11.5 Å². The van der Waals surface area contributed by atoms with Gasteiger partial charge in [-0.15, -0.1) is 0 Å². The lowest BCUT2D eigenvalue weighted by Gasteiger charge is -2.13. The minimum Gasteiger partial charge on any atom is -0.480 e. The van der Waals surface area contributed by atoms with Crippen molar-refractivity contribution in [1.82, 2.24) is 10.6 Å². The van der Waals surface area contributed by atoms with Crippen molar-refractivity contribution in [2.45, 2.75) is 12.5 Å². The number of carboxylic acids is 1. The standard InChI is InChI=1S/C8H14N4O6/c9-5(13)3-4(6(14)15)12-8(17)11-1-2-18-7(10)16/h4H,1-3H2,(H2,9,13)(H2,10,16)(H,14,15)(H2,11,12,17). The lowest BCUT2D eigenvalue weighted by Crippen LogP contribution is -2.48. The van der Waals surface area contributed by atoms with Crippen molar-refractivity contribution >= 4 is 24.0 Å². The van der Waals surface area contributed by atoms with Crippen molar-refractivity contribution in [1.29, 1.82) is 0 Å². The van der Waals surface area contributed by atoms with Crippen LogP contribution < -0.4 is 22.1 Å². The van der Waals surface area contributed by atoms with Gasteiger partial charge >= 0.3 is 18.1 Å². The largest absolute Gasteiger partial charge is 0.480 e. The van der Waals surface area contributed by atoms with Crippen LogP contribution >= 0.6 is 0 Å². The van der Waals surface area contributed by atoms with Crippen LogP contribution in [0.5, 0.6) is 0 Å². The third-order valence-corrected chi connectivity index (χ3v) is 1.64. The number of carbonyl (C=O) groups is 4. The van der Waals surface area contributed by atoms with E-state index in [1.165, 1.54) is 0 Å². The summed E-state index contributed by atoms with van der Waals surface area (Å²) >= 11 is 0. The van der Waals surface area contributed by atoms with Gasteiger partial charge in [-0.05, 0) is 0 Å². The SMILES string of the molecule is NC(=O)CC(NC(=O)NCCOC(N)=O)C(=O)O. The highest BCUT2D eigenvalue weighted by molar-refractivity contribution is 5.87. The molecular weight excluding hydrogens is 248 g/mol. The Morgan fingerprint density at radius 3 is 2.28 bits per heavy atom. The van der Waals surface area contributed by atoms with Crippen LogP contribution in [0.1, 0.15) is 6.42 Å². The first-order chi connectivity index (χ1) is 8.32. The van der Waals surface area contributed by atoms with E-state index in [0.717, 1.165) is 0 Å². The van der Waals surface area contributed by atoms with Gasteiger partial charge in [-0.3, -0.25) is 4.79 Å². The first-order valence-electron chi connectivity index (χ1n) is 4.80. The molecular formula is C8H14N4O6. The smallest absolute Gasteiger partial charge is 0.404 e. The van der Waals surface area contributed by atoms with E-state index in [9.17, 15) is 19.2 Å². The monoisotopic (exact) mass is 262 g/mol. The fraction of sp³-hybridized carbons (Fsp3) is 0.500. The van der Waals surface area contributed by atoms with E-state index in [1.807, 2.05) is 5.32 Å². The summed E-state index contributed by atoms with van der Waals surface area (Å²) in [6.07, 6.45) is -1.52. The van der Waals surface area contributed by atoms with Crippen LogP contribution in [0, 0.1) is 0 Å². The van der Waals surface area contributed by atoms with E-state index in [-0.39, 0.29) is 13.2 Å². The maximum atomic E-state index is 11.2. The lowest BCUT2D eigenvalue weighted by atomic mass is 10.2. The van der Waals surface area contributed by atoms with Crippen LogP contribution in [0.4, 0.5) is 9.59 Å². The summed E-state index contributed by atoms with van der Waals surface area (Å²) in [5.41, 5.74) is 9.48. The Labute approximate surface area is 102 Å². The lowest BCUT2D eigenvalue weighted by molar-refractivity contribution is -0.140. The fourth-order valence-electron chi connectivity index (χ4n) is 0.927. The van der Waals surface area contributed by atoms with Crippen LogP contribution in [0.3, 0.4) is 0 Å². The quantitative estimate of drug-likeness (QED) is 0.323. The molecule has 10 nitrogen and oxygen atoms in total. The molecule has 0 aliphatic heterocycles. The first kappa shape index (κ1) is 15.5. The Bertz CT molecular complexity index is 344. The maximum absolute atomic E-state index is 11.2. The number of rotatable bonds is 7. The number of ether oxygens (including phenoxy) is 1. The van der Waals surface area contributed by atoms with E-state index in [2.05, 4.69) is 15.8 Å². The molecule has 102 valence electrons. The van der Waals surface area contributed by atoms with Gasteiger partial charge in [-0.1, -0.05) is 0 Å². The second-order valence-electron chi connectivity index (χ2n) is 3.13. The summed E-state index contributed by atoms with van der Waals surface area (Å²) in [5.74, 6) is -2.25. The van der Waals surface area contributed by atoms with E-state index in [0.29, 0.717) is 0 Å². The zero-order chi connectivity index (χ0) is 14.1. The molecule has 0 saturated carbocycles. The fourth-order valence-corrected chi connectivity index (χ4v) is 0.927. The molecule has 0 spiro atoms. The number of aliphatic carboxylic acids is 1. The summed E-state index contributed by atoms with van der Waals surface area (Å²) in [4.78, 5) is 42.5. The van der Waals surface area contributed by atoms with Crippen LogP contribution in [0.2, 0.25) is 0 Å². The summed E-state index contributed by atoms with van der Waals surface area (Å²) in [5, 5.41) is 12.9. The van der Waals surface area contributed by atoms with Gasteiger partial charge in [0.05, 0.1) is 13.0 Å². The van der Waals surface area contributed by atoms with Crippen molar-refractivity contribution in [3.63, 3.8) is 0 Å². The number of amides is 4. The van der Waals surface area contributed by atoms with Crippen molar-refractivity contribution in [3.05, 3.63) is 0 Å². The number of urea groups is 1.